The molecule has 1 heterocycles. The van der Waals surface area contributed by atoms with E-state index in [4.69, 9.17) is 9.47 Å². The van der Waals surface area contributed by atoms with Crippen molar-refractivity contribution in [2.45, 2.75) is 51.2 Å². The van der Waals surface area contributed by atoms with Gasteiger partial charge in [-0.1, -0.05) is 43.3 Å². The minimum Gasteiger partial charge on any atom is -0.493 e. The number of carbonyl (C=O) groups is 1. The molecule has 6 nitrogen and oxygen atoms in total. The highest BCUT2D eigenvalue weighted by molar-refractivity contribution is 5.81. The van der Waals surface area contributed by atoms with Crippen LogP contribution < -0.4 is 9.47 Å². The average molecular weight is 454 g/mol. The lowest BCUT2D eigenvalue weighted by Crippen LogP contribution is -2.41. The van der Waals surface area contributed by atoms with Crippen LogP contribution in [0.25, 0.3) is 0 Å². The fraction of sp³-hybridized carbons (Fsp3) is 0.519. The molecule has 33 heavy (non-hydrogen) atoms. The van der Waals surface area contributed by atoms with Crippen molar-refractivity contribution >= 4 is 5.91 Å². The number of aliphatic hydroxyl groups excluding tert-OH is 2. The zero-order valence-electron chi connectivity index (χ0n) is 19.7. The van der Waals surface area contributed by atoms with Crippen molar-refractivity contribution in [1.29, 1.82) is 0 Å². The first kappa shape index (κ1) is 23.6. The van der Waals surface area contributed by atoms with E-state index in [2.05, 4.69) is 0 Å². The summed E-state index contributed by atoms with van der Waals surface area (Å²) in [6.45, 7) is 5.27. The molecule has 2 aromatic rings. The Morgan fingerprint density at radius 2 is 1.88 bits per heavy atom. The molecule has 1 saturated heterocycles. The van der Waals surface area contributed by atoms with Gasteiger partial charge in [0.15, 0.2) is 11.5 Å². The predicted octanol–water partition coefficient (Wildman–Crippen LogP) is 3.40. The van der Waals surface area contributed by atoms with E-state index in [-0.39, 0.29) is 18.2 Å². The van der Waals surface area contributed by atoms with E-state index in [0.717, 1.165) is 11.1 Å². The lowest BCUT2D eigenvalue weighted by molar-refractivity contribution is -0.139. The molecule has 2 N–H and O–H groups in total. The Morgan fingerprint density at radius 1 is 1.15 bits per heavy atom. The first-order valence-electron chi connectivity index (χ1n) is 11.8. The number of rotatable bonds is 9. The molecular weight excluding hydrogens is 418 g/mol. The molecule has 0 spiro atoms. The molecule has 4 atom stereocenters. The maximum atomic E-state index is 13.1. The fourth-order valence-electron chi connectivity index (χ4n) is 4.74. The molecule has 2 fully saturated rings. The molecule has 4 unspecified atom stereocenters. The summed E-state index contributed by atoms with van der Waals surface area (Å²) in [7, 11) is 1.63. The first-order chi connectivity index (χ1) is 15.8. The zero-order chi connectivity index (χ0) is 23.6. The van der Waals surface area contributed by atoms with Crippen molar-refractivity contribution in [3.63, 3.8) is 0 Å². The highest BCUT2D eigenvalue weighted by Gasteiger charge is 2.49. The molecule has 4 rings (SSSR count). The Hall–Kier alpha value is -2.57. The van der Waals surface area contributed by atoms with Gasteiger partial charge in [-0.15, -0.1) is 0 Å². The van der Waals surface area contributed by atoms with Gasteiger partial charge in [0.2, 0.25) is 0 Å². The Morgan fingerprint density at radius 3 is 2.52 bits per heavy atom. The molecule has 1 amide bonds. The molecule has 1 aliphatic heterocycles. The molecule has 1 aliphatic carbocycles. The van der Waals surface area contributed by atoms with Crippen molar-refractivity contribution in [2.75, 3.05) is 26.8 Å². The first-order valence-corrected chi connectivity index (χ1v) is 11.8. The number of amides is 1. The van der Waals surface area contributed by atoms with Crippen LogP contribution in [0, 0.1) is 11.3 Å². The lowest BCUT2D eigenvalue weighted by atomic mass is 9.72. The fourth-order valence-corrected chi connectivity index (χ4v) is 4.74. The molecule has 1 saturated carbocycles. The monoisotopic (exact) mass is 453 g/mol. The molecule has 6 heteroatoms. The van der Waals surface area contributed by atoms with Crippen LogP contribution in [0.2, 0.25) is 0 Å². The van der Waals surface area contributed by atoms with Crippen LogP contribution in [-0.4, -0.2) is 60.0 Å². The zero-order valence-corrected chi connectivity index (χ0v) is 19.7. The normalized spacial score (nSPS) is 24.4. The summed E-state index contributed by atoms with van der Waals surface area (Å²) in [5.41, 5.74) is 1.36. The van der Waals surface area contributed by atoms with Gasteiger partial charge in [0.25, 0.3) is 5.91 Å². The number of ether oxygens (including phenoxy) is 2. The van der Waals surface area contributed by atoms with Gasteiger partial charge in [-0.2, -0.15) is 0 Å². The van der Waals surface area contributed by atoms with Crippen LogP contribution in [0.4, 0.5) is 0 Å². The summed E-state index contributed by atoms with van der Waals surface area (Å²) in [5.74, 6) is 1.60. The molecule has 0 radical (unpaired) electrons. The third-order valence-electron chi connectivity index (χ3n) is 7.32. The van der Waals surface area contributed by atoms with Gasteiger partial charge < -0.3 is 24.6 Å². The van der Waals surface area contributed by atoms with Gasteiger partial charge in [0.1, 0.15) is 6.10 Å². The molecule has 0 aromatic heterocycles. The molecule has 2 aromatic carbocycles. The van der Waals surface area contributed by atoms with Gasteiger partial charge in [-0.05, 0) is 48.9 Å². The van der Waals surface area contributed by atoms with E-state index >= 15 is 0 Å². The number of aliphatic hydroxyl groups is 2. The lowest BCUT2D eigenvalue weighted by Gasteiger charge is -2.34. The molecular formula is C27H35NO5. The summed E-state index contributed by atoms with van der Waals surface area (Å²) in [6.07, 6.45) is 0.927. The van der Waals surface area contributed by atoms with Gasteiger partial charge >= 0.3 is 0 Å². The Balaban J connectivity index is 1.54. The highest BCUT2D eigenvalue weighted by Crippen LogP contribution is 2.47. The van der Waals surface area contributed by atoms with Crippen molar-refractivity contribution in [1.82, 2.24) is 4.90 Å². The summed E-state index contributed by atoms with van der Waals surface area (Å²) < 4.78 is 11.5. The van der Waals surface area contributed by atoms with E-state index in [1.165, 1.54) is 12.8 Å². The second-order valence-corrected chi connectivity index (χ2v) is 9.82. The van der Waals surface area contributed by atoms with Gasteiger partial charge in [-0.3, -0.25) is 4.79 Å². The van der Waals surface area contributed by atoms with E-state index in [1.54, 1.807) is 18.9 Å². The van der Waals surface area contributed by atoms with E-state index in [0.29, 0.717) is 37.1 Å². The van der Waals surface area contributed by atoms with Crippen LogP contribution in [0.1, 0.15) is 43.7 Å². The summed E-state index contributed by atoms with van der Waals surface area (Å²) in [6, 6.07) is 15.4. The largest absolute Gasteiger partial charge is 0.493 e. The second kappa shape index (κ2) is 9.74. The number of hydrogen-bond acceptors (Lipinski definition) is 5. The SMILES string of the molecule is COc1ccc(C2CN(C(=O)C(O)Cc3ccccc3)CC2(C)C(C)O)cc1OCC1CC1. The Labute approximate surface area is 196 Å². The average Bonchev–Trinajstić information content (AvgIpc) is 3.58. The quantitative estimate of drug-likeness (QED) is 0.608. The number of nitrogens with zero attached hydrogens (tertiary/aromatic N) is 1. The maximum Gasteiger partial charge on any atom is 0.251 e. The van der Waals surface area contributed by atoms with Crippen molar-refractivity contribution in [3.8, 4) is 11.5 Å². The van der Waals surface area contributed by atoms with Crippen molar-refractivity contribution in [3.05, 3.63) is 59.7 Å². The van der Waals surface area contributed by atoms with Gasteiger partial charge in [0.05, 0.1) is 19.8 Å². The maximum absolute atomic E-state index is 13.1. The van der Waals surface area contributed by atoms with Crippen LogP contribution in [0.15, 0.2) is 48.5 Å². The van der Waals surface area contributed by atoms with Crippen LogP contribution in [-0.2, 0) is 11.2 Å². The smallest absolute Gasteiger partial charge is 0.251 e. The van der Waals surface area contributed by atoms with Gasteiger partial charge in [0, 0.05) is 30.8 Å². The van der Waals surface area contributed by atoms with Crippen LogP contribution >= 0.6 is 0 Å². The number of carbonyl (C=O) groups excluding carboxylic acids is 1. The topological polar surface area (TPSA) is 79.2 Å². The molecule has 2 aliphatic rings. The predicted molar refractivity (Wildman–Crippen MR) is 126 cm³/mol. The summed E-state index contributed by atoms with van der Waals surface area (Å²) in [4.78, 5) is 14.8. The van der Waals surface area contributed by atoms with Crippen LogP contribution in [0.3, 0.4) is 0 Å². The summed E-state index contributed by atoms with van der Waals surface area (Å²) in [5, 5.41) is 21.4. The second-order valence-electron chi connectivity index (χ2n) is 9.82. The summed E-state index contributed by atoms with van der Waals surface area (Å²) >= 11 is 0. The van der Waals surface area contributed by atoms with Crippen LogP contribution in [0.5, 0.6) is 11.5 Å². The molecule has 0 bridgehead atoms. The van der Waals surface area contributed by atoms with E-state index in [1.807, 2.05) is 55.5 Å². The third-order valence-corrected chi connectivity index (χ3v) is 7.32. The molecule has 178 valence electrons. The third kappa shape index (κ3) is 5.17. The van der Waals surface area contributed by atoms with Gasteiger partial charge in [-0.25, -0.2) is 0 Å². The minimum atomic E-state index is -1.11. The number of methoxy groups -OCH3 is 1. The number of hydrogen-bond donors (Lipinski definition) is 2. The van der Waals surface area contributed by atoms with Crippen molar-refractivity contribution < 1.29 is 24.5 Å². The Bertz CT molecular complexity index is 958. The highest BCUT2D eigenvalue weighted by atomic mass is 16.5. The van der Waals surface area contributed by atoms with E-state index in [9.17, 15) is 15.0 Å². The number of likely N-dealkylation sites (tertiary alicyclic amines) is 1. The Kier molecular flexibility index (Phi) is 6.96. The van der Waals surface area contributed by atoms with Crippen molar-refractivity contribution in [2.24, 2.45) is 11.3 Å². The van der Waals surface area contributed by atoms with E-state index < -0.39 is 17.6 Å². The standard InChI is InChI=1S/C27H35NO5/c1-18(29)27(2)17-28(26(31)23(30)13-19-7-5-4-6-8-19)15-22(27)21-11-12-24(32-3)25(14-21)33-16-20-9-10-20/h4-8,11-12,14,18,20,22-23,29-30H,9-10,13,15-17H2,1-3H3. The number of benzene rings is 2. The minimum absolute atomic E-state index is 0.0976.